The van der Waals surface area contributed by atoms with Crippen molar-refractivity contribution in [1.82, 2.24) is 15.2 Å². The van der Waals surface area contributed by atoms with Gasteiger partial charge in [0.15, 0.2) is 0 Å². The Hall–Kier alpha value is -1.62. The number of rotatable bonds is 5. The van der Waals surface area contributed by atoms with Crippen molar-refractivity contribution in [1.29, 1.82) is 0 Å². The van der Waals surface area contributed by atoms with Crippen LogP contribution < -0.4 is 10.2 Å². The summed E-state index contributed by atoms with van der Waals surface area (Å²) in [6.45, 7) is 8.00. The van der Waals surface area contributed by atoms with E-state index in [1.807, 2.05) is 17.0 Å². The maximum Gasteiger partial charge on any atom is 0.257 e. The van der Waals surface area contributed by atoms with Gasteiger partial charge in [-0.25, -0.2) is 4.98 Å². The lowest BCUT2D eigenvalue weighted by Crippen LogP contribution is -2.41. The molecule has 0 spiro atoms. The number of carbonyl (C=O) groups excluding carboxylic acids is 1. The van der Waals surface area contributed by atoms with Crippen LogP contribution in [0.15, 0.2) is 18.3 Å². The van der Waals surface area contributed by atoms with Gasteiger partial charge in [-0.2, -0.15) is 0 Å². The summed E-state index contributed by atoms with van der Waals surface area (Å²) < 4.78 is 0. The quantitative estimate of drug-likeness (QED) is 0.904. The average Bonchev–Trinajstić information content (AvgIpc) is 3.14. The van der Waals surface area contributed by atoms with Gasteiger partial charge in [-0.1, -0.05) is 6.92 Å². The molecule has 2 fully saturated rings. The van der Waals surface area contributed by atoms with Gasteiger partial charge >= 0.3 is 0 Å². The fourth-order valence-corrected chi connectivity index (χ4v) is 3.60. The molecule has 1 aromatic rings. The molecule has 2 aliphatic rings. The smallest absolute Gasteiger partial charge is 0.257 e. The summed E-state index contributed by atoms with van der Waals surface area (Å²) in [7, 11) is 0. The largest absolute Gasteiger partial charge is 0.356 e. The van der Waals surface area contributed by atoms with Crippen LogP contribution in [0.2, 0.25) is 0 Å². The lowest BCUT2D eigenvalue weighted by Gasteiger charge is -2.33. The van der Waals surface area contributed by atoms with Crippen molar-refractivity contribution < 1.29 is 4.79 Å². The first-order valence-electron chi connectivity index (χ1n) is 8.99. The van der Waals surface area contributed by atoms with Crippen molar-refractivity contribution in [3.8, 4) is 0 Å². The topological polar surface area (TPSA) is 48.5 Å². The third-order valence-electron chi connectivity index (χ3n) is 5.01. The Bertz CT molecular complexity index is 520. The van der Waals surface area contributed by atoms with E-state index in [0.717, 1.165) is 63.5 Å². The Morgan fingerprint density at radius 3 is 2.70 bits per heavy atom. The third-order valence-corrected chi connectivity index (χ3v) is 5.01. The molecule has 2 saturated heterocycles. The van der Waals surface area contributed by atoms with Gasteiger partial charge in [0.05, 0.1) is 5.56 Å². The second-order valence-corrected chi connectivity index (χ2v) is 6.61. The molecule has 0 bridgehead atoms. The van der Waals surface area contributed by atoms with Crippen molar-refractivity contribution in [3.63, 3.8) is 0 Å². The number of aromatic nitrogens is 1. The first-order chi connectivity index (χ1) is 11.3. The van der Waals surface area contributed by atoms with E-state index in [-0.39, 0.29) is 5.91 Å². The van der Waals surface area contributed by atoms with E-state index in [1.54, 1.807) is 6.20 Å². The van der Waals surface area contributed by atoms with Gasteiger partial charge in [0.1, 0.15) is 5.82 Å². The summed E-state index contributed by atoms with van der Waals surface area (Å²) in [4.78, 5) is 21.7. The highest BCUT2D eigenvalue weighted by Gasteiger charge is 2.27. The molecular formula is C18H28N4O. The normalized spacial score (nSPS) is 19.3. The number of hydrogen-bond acceptors (Lipinski definition) is 4. The number of hydrogen-bond donors (Lipinski definition) is 1. The lowest BCUT2D eigenvalue weighted by molar-refractivity contribution is 0.0690. The lowest BCUT2D eigenvalue weighted by atomic mass is 9.96. The van der Waals surface area contributed by atoms with Gasteiger partial charge in [-0.3, -0.25) is 4.79 Å². The van der Waals surface area contributed by atoms with Crippen LogP contribution in [0.1, 0.15) is 43.0 Å². The van der Waals surface area contributed by atoms with E-state index in [2.05, 4.69) is 22.1 Å². The van der Waals surface area contributed by atoms with E-state index in [0.29, 0.717) is 5.92 Å². The monoisotopic (exact) mass is 316 g/mol. The Kier molecular flexibility index (Phi) is 5.49. The third kappa shape index (κ3) is 3.83. The zero-order valence-corrected chi connectivity index (χ0v) is 14.1. The molecule has 3 rings (SSSR count). The summed E-state index contributed by atoms with van der Waals surface area (Å²) in [6, 6.07) is 3.82. The highest BCUT2D eigenvalue weighted by Crippen LogP contribution is 2.25. The number of amides is 1. The summed E-state index contributed by atoms with van der Waals surface area (Å²) in [5, 5.41) is 3.42. The molecule has 0 aromatic carbocycles. The minimum atomic E-state index is 0.155. The maximum atomic E-state index is 12.9. The minimum Gasteiger partial charge on any atom is -0.356 e. The van der Waals surface area contributed by atoms with Gasteiger partial charge < -0.3 is 15.1 Å². The van der Waals surface area contributed by atoms with Crippen molar-refractivity contribution in [2.75, 3.05) is 44.2 Å². The summed E-state index contributed by atoms with van der Waals surface area (Å²) in [5.74, 6) is 1.73. The summed E-state index contributed by atoms with van der Waals surface area (Å²) >= 11 is 0. The van der Waals surface area contributed by atoms with E-state index in [1.165, 1.54) is 12.8 Å². The molecule has 23 heavy (non-hydrogen) atoms. The van der Waals surface area contributed by atoms with Crippen LogP contribution in [0.3, 0.4) is 0 Å². The molecule has 5 nitrogen and oxygen atoms in total. The van der Waals surface area contributed by atoms with Crippen LogP contribution in [-0.4, -0.2) is 55.1 Å². The van der Waals surface area contributed by atoms with Crippen LogP contribution >= 0.6 is 0 Å². The molecule has 0 radical (unpaired) electrons. The first kappa shape index (κ1) is 16.2. The number of carbonyl (C=O) groups is 1. The Labute approximate surface area is 139 Å². The molecule has 0 saturated carbocycles. The van der Waals surface area contributed by atoms with Crippen LogP contribution in [-0.2, 0) is 0 Å². The van der Waals surface area contributed by atoms with E-state index < -0.39 is 0 Å². The molecule has 0 unspecified atom stereocenters. The van der Waals surface area contributed by atoms with E-state index in [4.69, 9.17) is 0 Å². The molecule has 2 aliphatic heterocycles. The first-order valence-corrected chi connectivity index (χ1v) is 8.99. The van der Waals surface area contributed by atoms with Crippen LogP contribution in [0.25, 0.3) is 0 Å². The van der Waals surface area contributed by atoms with Gasteiger partial charge in [-0.05, 0) is 56.8 Å². The molecule has 1 N–H and O–H groups in total. The number of nitrogens with one attached hydrogen (secondary N) is 1. The molecule has 126 valence electrons. The summed E-state index contributed by atoms with van der Waals surface area (Å²) in [5.41, 5.74) is 0.777. The molecule has 0 aliphatic carbocycles. The van der Waals surface area contributed by atoms with Crippen LogP contribution in [0.5, 0.6) is 0 Å². The second-order valence-electron chi connectivity index (χ2n) is 6.61. The molecule has 3 heterocycles. The zero-order chi connectivity index (χ0) is 16.1. The van der Waals surface area contributed by atoms with Crippen molar-refractivity contribution in [3.05, 3.63) is 23.9 Å². The van der Waals surface area contributed by atoms with E-state index in [9.17, 15) is 4.79 Å². The maximum absolute atomic E-state index is 12.9. The highest BCUT2D eigenvalue weighted by molar-refractivity contribution is 5.99. The number of nitrogens with zero attached hydrogens (tertiary/aromatic N) is 3. The second kappa shape index (κ2) is 7.77. The van der Waals surface area contributed by atoms with Gasteiger partial charge in [0, 0.05) is 32.4 Å². The predicted molar refractivity (Wildman–Crippen MR) is 92.9 cm³/mol. The van der Waals surface area contributed by atoms with Gasteiger partial charge in [0.25, 0.3) is 5.91 Å². The molecule has 5 heteroatoms. The SMILES string of the molecule is CCNCC1CCN(C(=O)c2cccnc2N2CCCC2)CC1. The van der Waals surface area contributed by atoms with Crippen molar-refractivity contribution in [2.24, 2.45) is 5.92 Å². The van der Waals surface area contributed by atoms with Gasteiger partial charge in [0.2, 0.25) is 0 Å². The van der Waals surface area contributed by atoms with Gasteiger partial charge in [-0.15, -0.1) is 0 Å². The molecule has 1 aromatic heterocycles. The van der Waals surface area contributed by atoms with Crippen LogP contribution in [0, 0.1) is 5.92 Å². The number of likely N-dealkylation sites (tertiary alicyclic amines) is 1. The molecular weight excluding hydrogens is 288 g/mol. The number of pyridine rings is 1. The molecule has 0 atom stereocenters. The zero-order valence-electron chi connectivity index (χ0n) is 14.1. The Balaban J connectivity index is 1.65. The van der Waals surface area contributed by atoms with Crippen molar-refractivity contribution in [2.45, 2.75) is 32.6 Å². The summed E-state index contributed by atoms with van der Waals surface area (Å²) in [6.07, 6.45) is 6.38. The number of piperidine rings is 1. The Morgan fingerprint density at radius 1 is 1.26 bits per heavy atom. The minimum absolute atomic E-state index is 0.155. The number of anilines is 1. The average molecular weight is 316 g/mol. The standard InChI is InChI=1S/C18H28N4O/c1-2-19-14-15-7-12-22(13-8-15)18(23)16-6-5-9-20-17(16)21-10-3-4-11-21/h5-6,9,15,19H,2-4,7-8,10-14H2,1H3. The molecule has 1 amide bonds. The van der Waals surface area contributed by atoms with Crippen molar-refractivity contribution >= 4 is 11.7 Å². The Morgan fingerprint density at radius 2 is 2.00 bits per heavy atom. The fraction of sp³-hybridized carbons (Fsp3) is 0.667. The van der Waals surface area contributed by atoms with Crippen LogP contribution in [0.4, 0.5) is 5.82 Å². The van der Waals surface area contributed by atoms with E-state index >= 15 is 0 Å². The predicted octanol–water partition coefficient (Wildman–Crippen LogP) is 2.14. The highest BCUT2D eigenvalue weighted by atomic mass is 16.2. The fourth-order valence-electron chi connectivity index (χ4n) is 3.60.